The first-order valence-electron chi connectivity index (χ1n) is 12.3. The van der Waals surface area contributed by atoms with Crippen LogP contribution < -0.4 is 5.32 Å². The van der Waals surface area contributed by atoms with Crippen molar-refractivity contribution in [3.8, 4) is 0 Å². The van der Waals surface area contributed by atoms with Crippen molar-refractivity contribution in [2.24, 2.45) is 11.8 Å². The van der Waals surface area contributed by atoms with Gasteiger partial charge in [0.15, 0.2) is 5.16 Å². The number of rotatable bonds is 6. The molecular formula is C30H29N3S. The van der Waals surface area contributed by atoms with Crippen molar-refractivity contribution in [2.75, 3.05) is 5.32 Å². The van der Waals surface area contributed by atoms with Crippen LogP contribution in [0.2, 0.25) is 0 Å². The molecule has 4 aromatic rings. The van der Waals surface area contributed by atoms with Crippen molar-refractivity contribution < 1.29 is 0 Å². The molecule has 0 spiro atoms. The van der Waals surface area contributed by atoms with E-state index in [9.17, 15) is 0 Å². The predicted molar refractivity (Wildman–Crippen MR) is 143 cm³/mol. The molecule has 2 aliphatic rings. The van der Waals surface area contributed by atoms with Crippen molar-refractivity contribution in [3.05, 3.63) is 89.6 Å². The Morgan fingerprint density at radius 2 is 1.68 bits per heavy atom. The van der Waals surface area contributed by atoms with Gasteiger partial charge in [0.2, 0.25) is 0 Å². The number of nitrogens with one attached hydrogen (secondary N) is 1. The Balaban J connectivity index is 1.39. The Hall–Kier alpha value is -3.11. The van der Waals surface area contributed by atoms with Crippen molar-refractivity contribution >= 4 is 39.3 Å². The van der Waals surface area contributed by atoms with Gasteiger partial charge in [0.1, 0.15) is 5.82 Å². The van der Waals surface area contributed by atoms with Crippen molar-refractivity contribution in [1.29, 1.82) is 0 Å². The van der Waals surface area contributed by atoms with Gasteiger partial charge in [-0.15, -0.1) is 0 Å². The van der Waals surface area contributed by atoms with Gasteiger partial charge in [-0.3, -0.25) is 0 Å². The quantitative estimate of drug-likeness (QED) is 0.291. The van der Waals surface area contributed by atoms with E-state index in [1.54, 1.807) is 17.3 Å². The van der Waals surface area contributed by atoms with E-state index in [2.05, 4.69) is 85.9 Å². The fourth-order valence-corrected chi connectivity index (χ4v) is 6.02. The Morgan fingerprint density at radius 3 is 2.50 bits per heavy atom. The molecule has 170 valence electrons. The molecule has 1 unspecified atom stereocenters. The fraction of sp³-hybridized carbons (Fsp3) is 0.267. The summed E-state index contributed by atoms with van der Waals surface area (Å²) >= 11 is 1.63. The lowest BCUT2D eigenvalue weighted by Crippen LogP contribution is -2.15. The molecule has 0 radical (unpaired) electrons. The third kappa shape index (κ3) is 4.12. The number of aromatic nitrogens is 2. The van der Waals surface area contributed by atoms with Gasteiger partial charge < -0.3 is 5.32 Å². The zero-order valence-electron chi connectivity index (χ0n) is 19.7. The number of allylic oxidation sites excluding steroid dienone is 3. The number of para-hydroxylation sites is 1. The number of hydrogen-bond acceptors (Lipinski definition) is 4. The number of benzene rings is 3. The van der Waals surface area contributed by atoms with Crippen LogP contribution in [0.3, 0.4) is 0 Å². The van der Waals surface area contributed by atoms with Crippen LogP contribution in [0.1, 0.15) is 39.5 Å². The van der Waals surface area contributed by atoms with Crippen LogP contribution in [0.25, 0.3) is 21.7 Å². The van der Waals surface area contributed by atoms with E-state index < -0.39 is 0 Å². The number of anilines is 1. The highest BCUT2D eigenvalue weighted by atomic mass is 32.2. The molecular weight excluding hydrogens is 434 g/mol. The van der Waals surface area contributed by atoms with E-state index in [0.717, 1.165) is 34.2 Å². The van der Waals surface area contributed by atoms with Gasteiger partial charge in [0, 0.05) is 16.0 Å². The highest BCUT2D eigenvalue weighted by Gasteiger charge is 2.32. The average molecular weight is 464 g/mol. The molecule has 0 aliphatic heterocycles. The van der Waals surface area contributed by atoms with E-state index in [-0.39, 0.29) is 0 Å². The fourth-order valence-electron chi connectivity index (χ4n) is 5.10. The summed E-state index contributed by atoms with van der Waals surface area (Å²) in [6, 6.07) is 23.2. The summed E-state index contributed by atoms with van der Waals surface area (Å²) in [7, 11) is 0. The lowest BCUT2D eigenvalue weighted by atomic mass is 9.82. The monoisotopic (exact) mass is 463 g/mol. The molecule has 0 bridgehead atoms. The second-order valence-electron chi connectivity index (χ2n) is 9.50. The maximum absolute atomic E-state index is 5.03. The average Bonchev–Trinajstić information content (AvgIpc) is 3.71. The second-order valence-corrected chi connectivity index (χ2v) is 10.5. The standard InChI is InChI=1S/C30H29N3S/c1-3-20-17-19(2)27(18-25(20)22-15-16-22)31-29-24-12-6-7-13-26(24)32-30(33-29)34-28-14-8-10-21-9-4-5-11-23(21)28/h4-14,18,20,22H,3,15-17H2,1-2H3,(H,31,32,33). The van der Waals surface area contributed by atoms with Crippen LogP contribution in [-0.2, 0) is 0 Å². The largest absolute Gasteiger partial charge is 0.340 e. The molecule has 1 atom stereocenters. The first-order chi connectivity index (χ1) is 16.7. The van der Waals surface area contributed by atoms with Crippen molar-refractivity contribution in [3.63, 3.8) is 0 Å². The molecule has 3 nitrogen and oxygen atoms in total. The molecule has 4 heteroatoms. The summed E-state index contributed by atoms with van der Waals surface area (Å²) in [5.74, 6) is 2.37. The van der Waals surface area contributed by atoms with Crippen LogP contribution >= 0.6 is 11.8 Å². The molecule has 1 aromatic heterocycles. The first-order valence-corrected chi connectivity index (χ1v) is 13.1. The molecule has 2 aliphatic carbocycles. The molecule has 1 N–H and O–H groups in total. The summed E-state index contributed by atoms with van der Waals surface area (Å²) in [5, 5.41) is 8.03. The zero-order valence-corrected chi connectivity index (χ0v) is 20.5. The van der Waals surface area contributed by atoms with E-state index in [1.165, 1.54) is 46.2 Å². The topological polar surface area (TPSA) is 37.8 Å². The summed E-state index contributed by atoms with van der Waals surface area (Å²) in [6.45, 7) is 4.58. The highest BCUT2D eigenvalue weighted by molar-refractivity contribution is 7.99. The molecule has 1 saturated carbocycles. The summed E-state index contributed by atoms with van der Waals surface area (Å²) in [4.78, 5) is 11.1. The molecule has 1 fully saturated rings. The van der Waals surface area contributed by atoms with Gasteiger partial charge in [-0.25, -0.2) is 9.97 Å². The highest BCUT2D eigenvalue weighted by Crippen LogP contribution is 2.46. The number of hydrogen-bond donors (Lipinski definition) is 1. The van der Waals surface area contributed by atoms with Gasteiger partial charge in [0.05, 0.1) is 5.52 Å². The van der Waals surface area contributed by atoms with E-state index in [0.29, 0.717) is 5.92 Å². The lowest BCUT2D eigenvalue weighted by Gasteiger charge is -2.27. The maximum atomic E-state index is 5.03. The summed E-state index contributed by atoms with van der Waals surface area (Å²) in [5.41, 5.74) is 5.24. The third-order valence-corrected chi connectivity index (χ3v) is 8.06. The van der Waals surface area contributed by atoms with Gasteiger partial charge in [-0.1, -0.05) is 61.0 Å². The molecule has 3 aromatic carbocycles. The molecule has 0 amide bonds. The van der Waals surface area contributed by atoms with Gasteiger partial charge in [-0.05, 0) is 96.8 Å². The van der Waals surface area contributed by atoms with E-state index >= 15 is 0 Å². The van der Waals surface area contributed by atoms with Crippen LogP contribution in [0, 0.1) is 11.8 Å². The Kier molecular flexibility index (Phi) is 5.62. The minimum absolute atomic E-state index is 0.692. The number of fused-ring (bicyclic) bond motifs is 2. The van der Waals surface area contributed by atoms with E-state index in [1.807, 2.05) is 6.07 Å². The third-order valence-electron chi connectivity index (χ3n) is 7.12. The number of nitrogens with zero attached hydrogens (tertiary/aromatic N) is 2. The smallest absolute Gasteiger partial charge is 0.195 e. The SMILES string of the molecule is CCC1CC(C)=C(Nc2nc(Sc3cccc4ccccc34)nc3ccccc23)C=C1C1CC1. The second kappa shape index (κ2) is 8.92. The van der Waals surface area contributed by atoms with Crippen LogP contribution in [0.15, 0.2) is 99.7 Å². The van der Waals surface area contributed by atoms with Crippen LogP contribution in [0.4, 0.5) is 5.82 Å². The normalized spacial score (nSPS) is 18.4. The van der Waals surface area contributed by atoms with E-state index in [4.69, 9.17) is 9.97 Å². The first kappa shape index (κ1) is 21.4. The minimum Gasteiger partial charge on any atom is -0.340 e. The van der Waals surface area contributed by atoms with Crippen LogP contribution in [0.5, 0.6) is 0 Å². The predicted octanol–water partition coefficient (Wildman–Crippen LogP) is 8.39. The molecule has 34 heavy (non-hydrogen) atoms. The minimum atomic E-state index is 0.692. The zero-order chi connectivity index (χ0) is 23.1. The Bertz CT molecular complexity index is 1440. The van der Waals surface area contributed by atoms with Crippen molar-refractivity contribution in [1.82, 2.24) is 9.97 Å². The molecule has 6 rings (SSSR count). The van der Waals surface area contributed by atoms with Gasteiger partial charge >= 0.3 is 0 Å². The molecule has 0 saturated heterocycles. The van der Waals surface area contributed by atoms with Crippen LogP contribution in [-0.4, -0.2) is 9.97 Å². The Labute approximate surface area is 205 Å². The van der Waals surface area contributed by atoms with Crippen molar-refractivity contribution in [2.45, 2.75) is 49.6 Å². The van der Waals surface area contributed by atoms with Gasteiger partial charge in [0.25, 0.3) is 0 Å². The lowest BCUT2D eigenvalue weighted by molar-refractivity contribution is 0.545. The maximum Gasteiger partial charge on any atom is 0.195 e. The molecule has 1 heterocycles. The summed E-state index contributed by atoms with van der Waals surface area (Å²) < 4.78 is 0. The Morgan fingerprint density at radius 1 is 0.912 bits per heavy atom. The van der Waals surface area contributed by atoms with Gasteiger partial charge in [-0.2, -0.15) is 0 Å². The summed E-state index contributed by atoms with van der Waals surface area (Å²) in [6.07, 6.45) is 7.48.